The first-order chi connectivity index (χ1) is 14.5. The molecule has 0 saturated heterocycles. The Balaban J connectivity index is 1.84. The quantitative estimate of drug-likeness (QED) is 0.315. The van der Waals surface area contributed by atoms with E-state index in [1.165, 1.54) is 5.56 Å². The Kier molecular flexibility index (Phi) is 5.23. The van der Waals surface area contributed by atoms with Gasteiger partial charge in [0.2, 0.25) is 0 Å². The number of aryl methyl sites for hydroxylation is 1. The molecule has 0 bridgehead atoms. The van der Waals surface area contributed by atoms with Crippen molar-refractivity contribution in [3.63, 3.8) is 0 Å². The zero-order chi connectivity index (χ0) is 21.3. The molecule has 2 N–H and O–H groups in total. The van der Waals surface area contributed by atoms with Crippen LogP contribution in [0.25, 0.3) is 11.0 Å². The van der Waals surface area contributed by atoms with Crippen LogP contribution in [0.15, 0.2) is 66.0 Å². The molecule has 0 fully saturated rings. The highest BCUT2D eigenvalue weighted by Gasteiger charge is 2.20. The average molecular weight is 399 g/mol. The molecule has 0 aliphatic rings. The van der Waals surface area contributed by atoms with Gasteiger partial charge >= 0.3 is 0 Å². The minimum Gasteiger partial charge on any atom is -0.378 e. The number of fused-ring (bicyclic) bond motifs is 1. The van der Waals surface area contributed by atoms with Gasteiger partial charge in [0.1, 0.15) is 23.4 Å². The standard InChI is InChI=1S/C24H26N6/c1-16-17(2)30(14-18-8-6-5-7-9-18)24-21(16)23(26-15-27-24)22(28-25)19-10-12-20(13-11-19)29(3)4/h5-13,15H,14,25H2,1-4H3/b28-22+. The first kappa shape index (κ1) is 19.6. The molecule has 0 spiro atoms. The van der Waals surface area contributed by atoms with Crippen molar-refractivity contribution in [2.75, 3.05) is 19.0 Å². The molecule has 0 radical (unpaired) electrons. The Morgan fingerprint density at radius 2 is 1.70 bits per heavy atom. The molecule has 2 heterocycles. The van der Waals surface area contributed by atoms with Crippen LogP contribution in [-0.2, 0) is 6.54 Å². The zero-order valence-corrected chi connectivity index (χ0v) is 17.8. The second kappa shape index (κ2) is 7.99. The maximum atomic E-state index is 5.85. The van der Waals surface area contributed by atoms with E-state index >= 15 is 0 Å². The number of hydrogen-bond acceptors (Lipinski definition) is 5. The average Bonchev–Trinajstić information content (AvgIpc) is 3.01. The highest BCUT2D eigenvalue weighted by molar-refractivity contribution is 6.18. The molecule has 6 heteroatoms. The van der Waals surface area contributed by atoms with Crippen LogP contribution in [-0.4, -0.2) is 34.3 Å². The molecule has 152 valence electrons. The van der Waals surface area contributed by atoms with Crippen molar-refractivity contribution in [2.24, 2.45) is 10.9 Å². The van der Waals surface area contributed by atoms with Gasteiger partial charge < -0.3 is 15.3 Å². The fraction of sp³-hybridized carbons (Fsp3) is 0.208. The normalized spacial score (nSPS) is 11.8. The van der Waals surface area contributed by atoms with Gasteiger partial charge in [0, 0.05) is 37.6 Å². The summed E-state index contributed by atoms with van der Waals surface area (Å²) in [6.45, 7) is 4.98. The van der Waals surface area contributed by atoms with E-state index in [-0.39, 0.29) is 0 Å². The van der Waals surface area contributed by atoms with Crippen molar-refractivity contribution in [3.8, 4) is 0 Å². The van der Waals surface area contributed by atoms with Gasteiger partial charge in [0.15, 0.2) is 0 Å². The lowest BCUT2D eigenvalue weighted by Crippen LogP contribution is -2.12. The molecule has 30 heavy (non-hydrogen) atoms. The predicted octanol–water partition coefficient (Wildman–Crippen LogP) is 3.87. The maximum absolute atomic E-state index is 5.85. The molecule has 6 nitrogen and oxygen atoms in total. The van der Waals surface area contributed by atoms with Crippen LogP contribution in [0.3, 0.4) is 0 Å². The van der Waals surface area contributed by atoms with Gasteiger partial charge in [0.05, 0.1) is 5.39 Å². The maximum Gasteiger partial charge on any atom is 0.144 e. The Morgan fingerprint density at radius 1 is 1.00 bits per heavy atom. The number of hydrazone groups is 1. The number of benzene rings is 2. The fourth-order valence-corrected chi connectivity index (χ4v) is 3.80. The van der Waals surface area contributed by atoms with Crippen molar-refractivity contribution in [1.82, 2.24) is 14.5 Å². The Morgan fingerprint density at radius 3 is 2.33 bits per heavy atom. The van der Waals surface area contributed by atoms with E-state index in [2.05, 4.69) is 74.8 Å². The van der Waals surface area contributed by atoms with Gasteiger partial charge in [-0.15, -0.1) is 0 Å². The lowest BCUT2D eigenvalue weighted by atomic mass is 10.0. The Bertz CT molecular complexity index is 1200. The first-order valence-corrected chi connectivity index (χ1v) is 9.91. The minimum absolute atomic E-state index is 0.660. The van der Waals surface area contributed by atoms with E-state index in [0.29, 0.717) is 5.71 Å². The number of anilines is 1. The van der Waals surface area contributed by atoms with Crippen LogP contribution in [0.1, 0.15) is 28.1 Å². The van der Waals surface area contributed by atoms with Gasteiger partial charge in [0.25, 0.3) is 0 Å². The molecule has 0 amide bonds. The van der Waals surface area contributed by atoms with Crippen molar-refractivity contribution in [3.05, 3.63) is 89.0 Å². The molecule has 0 aliphatic heterocycles. The van der Waals surface area contributed by atoms with E-state index < -0.39 is 0 Å². The van der Waals surface area contributed by atoms with Crippen LogP contribution < -0.4 is 10.7 Å². The van der Waals surface area contributed by atoms with Crippen LogP contribution in [0.2, 0.25) is 0 Å². The van der Waals surface area contributed by atoms with Crippen molar-refractivity contribution in [2.45, 2.75) is 20.4 Å². The Labute approximate surface area is 176 Å². The number of nitrogens with zero attached hydrogens (tertiary/aromatic N) is 5. The molecule has 0 aliphatic carbocycles. The fourth-order valence-electron chi connectivity index (χ4n) is 3.80. The summed E-state index contributed by atoms with van der Waals surface area (Å²) in [5.74, 6) is 5.85. The summed E-state index contributed by atoms with van der Waals surface area (Å²) in [7, 11) is 4.03. The topological polar surface area (TPSA) is 72.3 Å². The van der Waals surface area contributed by atoms with Gasteiger partial charge in [-0.1, -0.05) is 42.5 Å². The minimum atomic E-state index is 0.660. The number of aromatic nitrogens is 3. The summed E-state index contributed by atoms with van der Waals surface area (Å²) in [6.07, 6.45) is 1.59. The predicted molar refractivity (Wildman–Crippen MR) is 123 cm³/mol. The SMILES string of the molecule is Cc1c(C)n(Cc2ccccc2)c2ncnc(/C(=N/N)c3ccc(N(C)C)cc3)c12. The summed E-state index contributed by atoms with van der Waals surface area (Å²) in [5.41, 5.74) is 7.88. The zero-order valence-electron chi connectivity index (χ0n) is 17.8. The second-order valence-corrected chi connectivity index (χ2v) is 7.62. The van der Waals surface area contributed by atoms with Crippen LogP contribution in [0.4, 0.5) is 5.69 Å². The third-order valence-electron chi connectivity index (χ3n) is 5.60. The van der Waals surface area contributed by atoms with E-state index in [1.807, 2.05) is 32.3 Å². The third kappa shape index (κ3) is 3.41. The molecule has 0 saturated carbocycles. The van der Waals surface area contributed by atoms with Crippen LogP contribution in [0, 0.1) is 13.8 Å². The van der Waals surface area contributed by atoms with E-state index in [0.717, 1.165) is 45.8 Å². The van der Waals surface area contributed by atoms with Gasteiger partial charge in [-0.25, -0.2) is 9.97 Å². The Hall–Kier alpha value is -3.67. The van der Waals surface area contributed by atoms with Crippen LogP contribution >= 0.6 is 0 Å². The lowest BCUT2D eigenvalue weighted by Gasteiger charge is -2.13. The van der Waals surface area contributed by atoms with Crippen molar-refractivity contribution < 1.29 is 0 Å². The van der Waals surface area contributed by atoms with E-state index in [4.69, 9.17) is 5.84 Å². The largest absolute Gasteiger partial charge is 0.378 e. The first-order valence-electron chi connectivity index (χ1n) is 9.91. The molecule has 0 unspecified atom stereocenters. The molecule has 2 aromatic carbocycles. The molecule has 2 aromatic heterocycles. The summed E-state index contributed by atoms with van der Waals surface area (Å²) < 4.78 is 2.23. The van der Waals surface area contributed by atoms with Crippen molar-refractivity contribution in [1.29, 1.82) is 0 Å². The summed E-state index contributed by atoms with van der Waals surface area (Å²) in [4.78, 5) is 11.3. The van der Waals surface area contributed by atoms with Crippen LogP contribution in [0.5, 0.6) is 0 Å². The molecule has 0 atom stereocenters. The highest BCUT2D eigenvalue weighted by Crippen LogP contribution is 2.28. The van der Waals surface area contributed by atoms with Gasteiger partial charge in [-0.05, 0) is 37.1 Å². The second-order valence-electron chi connectivity index (χ2n) is 7.62. The summed E-state index contributed by atoms with van der Waals surface area (Å²) in [5, 5.41) is 5.11. The van der Waals surface area contributed by atoms with E-state index in [1.54, 1.807) is 6.33 Å². The molecular formula is C24H26N6. The smallest absolute Gasteiger partial charge is 0.144 e. The molecular weight excluding hydrogens is 372 g/mol. The number of rotatable bonds is 5. The summed E-state index contributed by atoms with van der Waals surface area (Å²) >= 11 is 0. The summed E-state index contributed by atoms with van der Waals surface area (Å²) in [6, 6.07) is 18.6. The van der Waals surface area contributed by atoms with Gasteiger partial charge in [-0.3, -0.25) is 0 Å². The monoisotopic (exact) mass is 398 g/mol. The van der Waals surface area contributed by atoms with Crippen molar-refractivity contribution >= 4 is 22.4 Å². The molecule has 4 aromatic rings. The van der Waals surface area contributed by atoms with Gasteiger partial charge in [-0.2, -0.15) is 5.10 Å². The van der Waals surface area contributed by atoms with E-state index in [9.17, 15) is 0 Å². The third-order valence-corrected chi connectivity index (χ3v) is 5.60. The highest BCUT2D eigenvalue weighted by atomic mass is 15.1. The number of hydrogen-bond donors (Lipinski definition) is 1. The molecule has 4 rings (SSSR count). The lowest BCUT2D eigenvalue weighted by molar-refractivity contribution is 0.790. The number of nitrogens with two attached hydrogens (primary N) is 1.